The highest BCUT2D eigenvalue weighted by atomic mass is 16.3. The van der Waals surface area contributed by atoms with Gasteiger partial charge in [0.05, 0.1) is 5.56 Å². The zero-order chi connectivity index (χ0) is 13.0. The number of hydrogen-bond acceptors (Lipinski definition) is 4. The number of rotatable bonds is 5. The van der Waals surface area contributed by atoms with Crippen molar-refractivity contribution in [3.8, 4) is 0 Å². The first-order valence-corrected chi connectivity index (χ1v) is 6.35. The third-order valence-corrected chi connectivity index (χ3v) is 3.37. The van der Waals surface area contributed by atoms with Crippen LogP contribution in [-0.4, -0.2) is 40.1 Å². The highest BCUT2D eigenvalue weighted by Gasteiger charge is 2.28. The van der Waals surface area contributed by atoms with Gasteiger partial charge in [-0.15, -0.1) is 0 Å². The Balaban J connectivity index is 2.08. The molecule has 0 unspecified atom stereocenters. The summed E-state index contributed by atoms with van der Waals surface area (Å²) in [4.78, 5) is 18.2. The van der Waals surface area contributed by atoms with Gasteiger partial charge < -0.3 is 15.7 Å². The summed E-state index contributed by atoms with van der Waals surface area (Å²) < 4.78 is 0. The van der Waals surface area contributed by atoms with Crippen LogP contribution < -0.4 is 5.73 Å². The van der Waals surface area contributed by atoms with E-state index in [1.807, 2.05) is 4.90 Å². The lowest BCUT2D eigenvalue weighted by atomic mass is 9.91. The normalized spacial score (nSPS) is 15.2. The van der Waals surface area contributed by atoms with Crippen molar-refractivity contribution in [1.82, 2.24) is 9.88 Å². The highest BCUT2D eigenvalue weighted by molar-refractivity contribution is 5.94. The fraction of sp³-hybridized carbons (Fsp3) is 0.538. The molecule has 1 amide bonds. The predicted molar refractivity (Wildman–Crippen MR) is 69.0 cm³/mol. The summed E-state index contributed by atoms with van der Waals surface area (Å²) in [6.45, 7) is 0.709. The lowest BCUT2D eigenvalue weighted by Gasteiger charge is -2.37. The summed E-state index contributed by atoms with van der Waals surface area (Å²) in [6.07, 6.45) is 5.42. The Morgan fingerprint density at radius 3 is 2.78 bits per heavy atom. The molecule has 0 spiro atoms. The number of nitrogens with zero attached hydrogens (tertiary/aromatic N) is 2. The third-order valence-electron chi connectivity index (χ3n) is 3.37. The van der Waals surface area contributed by atoms with Crippen LogP contribution in [0.5, 0.6) is 0 Å². The van der Waals surface area contributed by atoms with E-state index >= 15 is 0 Å². The number of aliphatic hydroxyl groups excluding tert-OH is 1. The van der Waals surface area contributed by atoms with E-state index in [9.17, 15) is 4.79 Å². The van der Waals surface area contributed by atoms with Crippen LogP contribution in [-0.2, 0) is 0 Å². The molecule has 0 atom stereocenters. The smallest absolute Gasteiger partial charge is 0.255 e. The Kier molecular flexibility index (Phi) is 4.15. The van der Waals surface area contributed by atoms with Gasteiger partial charge in [-0.3, -0.25) is 4.79 Å². The third kappa shape index (κ3) is 2.79. The summed E-state index contributed by atoms with van der Waals surface area (Å²) in [5.74, 6) is 0.401. The van der Waals surface area contributed by atoms with Crippen LogP contribution in [0.15, 0.2) is 18.3 Å². The number of pyridine rings is 1. The molecule has 1 aliphatic rings. The molecule has 3 N–H and O–H groups in total. The summed E-state index contributed by atoms with van der Waals surface area (Å²) in [5, 5.41) is 8.91. The Labute approximate surface area is 107 Å². The van der Waals surface area contributed by atoms with Crippen molar-refractivity contribution in [2.75, 3.05) is 18.9 Å². The van der Waals surface area contributed by atoms with E-state index in [-0.39, 0.29) is 12.5 Å². The molecular formula is C13H19N3O2. The van der Waals surface area contributed by atoms with Crippen LogP contribution in [0.2, 0.25) is 0 Å². The fourth-order valence-corrected chi connectivity index (χ4v) is 2.09. The molecule has 5 heteroatoms. The first-order chi connectivity index (χ1) is 8.72. The SMILES string of the molecule is Nc1ccc(C(=O)N(CCCO)C2CCC2)cn1. The molecule has 0 aliphatic heterocycles. The largest absolute Gasteiger partial charge is 0.396 e. The van der Waals surface area contributed by atoms with Gasteiger partial charge in [-0.25, -0.2) is 4.98 Å². The number of amides is 1. The number of carbonyl (C=O) groups excluding carboxylic acids is 1. The molecule has 1 aromatic heterocycles. The van der Waals surface area contributed by atoms with E-state index in [0.717, 1.165) is 12.8 Å². The molecule has 1 aromatic rings. The first-order valence-electron chi connectivity index (χ1n) is 6.35. The second kappa shape index (κ2) is 5.82. The molecule has 0 saturated heterocycles. The predicted octanol–water partition coefficient (Wildman–Crippen LogP) is 1.04. The number of carbonyl (C=O) groups is 1. The number of nitrogen functional groups attached to an aromatic ring is 1. The maximum Gasteiger partial charge on any atom is 0.255 e. The number of aliphatic hydroxyl groups is 1. The van der Waals surface area contributed by atoms with Crippen LogP contribution in [0.25, 0.3) is 0 Å². The van der Waals surface area contributed by atoms with Crippen molar-refractivity contribution < 1.29 is 9.90 Å². The molecule has 1 heterocycles. The summed E-state index contributed by atoms with van der Waals surface area (Å²) >= 11 is 0. The number of hydrogen-bond donors (Lipinski definition) is 2. The van der Waals surface area contributed by atoms with Crippen LogP contribution in [0, 0.1) is 0 Å². The summed E-state index contributed by atoms with van der Waals surface area (Å²) in [7, 11) is 0. The van der Waals surface area contributed by atoms with Gasteiger partial charge in [0, 0.05) is 25.4 Å². The Morgan fingerprint density at radius 2 is 2.28 bits per heavy atom. The average molecular weight is 249 g/mol. The van der Waals surface area contributed by atoms with Crippen LogP contribution in [0.1, 0.15) is 36.0 Å². The zero-order valence-corrected chi connectivity index (χ0v) is 10.4. The standard InChI is InChI=1S/C13H19N3O2/c14-12-6-5-10(9-15-12)13(18)16(7-2-8-17)11-3-1-4-11/h5-6,9,11,17H,1-4,7-8H2,(H2,14,15). The van der Waals surface area contributed by atoms with Gasteiger partial charge in [-0.05, 0) is 37.8 Å². The van der Waals surface area contributed by atoms with Crippen molar-refractivity contribution >= 4 is 11.7 Å². The average Bonchev–Trinajstić information content (AvgIpc) is 2.32. The number of nitrogens with two attached hydrogens (primary N) is 1. The maximum atomic E-state index is 12.4. The van der Waals surface area contributed by atoms with E-state index in [4.69, 9.17) is 10.8 Å². The van der Waals surface area contributed by atoms with Crippen molar-refractivity contribution in [2.24, 2.45) is 0 Å². The molecule has 2 rings (SSSR count). The Morgan fingerprint density at radius 1 is 1.50 bits per heavy atom. The van der Waals surface area contributed by atoms with Gasteiger partial charge in [0.2, 0.25) is 0 Å². The minimum atomic E-state index is -0.0133. The van der Waals surface area contributed by atoms with Gasteiger partial charge in [0.1, 0.15) is 5.82 Å². The molecule has 1 saturated carbocycles. The molecule has 98 valence electrons. The molecule has 1 aliphatic carbocycles. The second-order valence-corrected chi connectivity index (χ2v) is 4.63. The van der Waals surface area contributed by atoms with E-state index in [2.05, 4.69) is 4.98 Å². The molecule has 0 bridgehead atoms. The van der Waals surface area contributed by atoms with Crippen molar-refractivity contribution in [3.05, 3.63) is 23.9 Å². The molecule has 0 aromatic carbocycles. The second-order valence-electron chi connectivity index (χ2n) is 4.63. The molecule has 18 heavy (non-hydrogen) atoms. The molecule has 1 fully saturated rings. The van der Waals surface area contributed by atoms with Crippen LogP contribution >= 0.6 is 0 Å². The highest BCUT2D eigenvalue weighted by Crippen LogP contribution is 2.26. The quantitative estimate of drug-likeness (QED) is 0.817. The Bertz CT molecular complexity index is 401. The molecule has 5 nitrogen and oxygen atoms in total. The first kappa shape index (κ1) is 12.8. The van der Waals surface area contributed by atoms with Gasteiger partial charge in [0.15, 0.2) is 0 Å². The fourth-order valence-electron chi connectivity index (χ4n) is 2.09. The van der Waals surface area contributed by atoms with Gasteiger partial charge in [0.25, 0.3) is 5.91 Å². The number of anilines is 1. The lowest BCUT2D eigenvalue weighted by molar-refractivity contribution is 0.0562. The van der Waals surface area contributed by atoms with Crippen molar-refractivity contribution in [1.29, 1.82) is 0 Å². The summed E-state index contributed by atoms with van der Waals surface area (Å²) in [6, 6.07) is 3.66. The summed E-state index contributed by atoms with van der Waals surface area (Å²) in [5.41, 5.74) is 6.08. The number of aromatic nitrogens is 1. The Hall–Kier alpha value is -1.62. The van der Waals surface area contributed by atoms with Gasteiger partial charge in [-0.2, -0.15) is 0 Å². The van der Waals surface area contributed by atoms with E-state index in [1.54, 1.807) is 12.1 Å². The molecular weight excluding hydrogens is 230 g/mol. The molecule has 0 radical (unpaired) electrons. The maximum absolute atomic E-state index is 12.4. The van der Waals surface area contributed by atoms with Crippen LogP contribution in [0.3, 0.4) is 0 Å². The van der Waals surface area contributed by atoms with E-state index in [0.29, 0.717) is 30.4 Å². The van der Waals surface area contributed by atoms with Crippen molar-refractivity contribution in [2.45, 2.75) is 31.7 Å². The minimum absolute atomic E-state index is 0.0133. The van der Waals surface area contributed by atoms with E-state index in [1.165, 1.54) is 12.6 Å². The lowest BCUT2D eigenvalue weighted by Crippen LogP contribution is -2.45. The van der Waals surface area contributed by atoms with Crippen molar-refractivity contribution in [3.63, 3.8) is 0 Å². The zero-order valence-electron chi connectivity index (χ0n) is 10.4. The topological polar surface area (TPSA) is 79.5 Å². The van der Waals surface area contributed by atoms with Gasteiger partial charge in [-0.1, -0.05) is 0 Å². The van der Waals surface area contributed by atoms with E-state index < -0.39 is 0 Å². The van der Waals surface area contributed by atoms with Gasteiger partial charge >= 0.3 is 0 Å². The minimum Gasteiger partial charge on any atom is -0.396 e. The monoisotopic (exact) mass is 249 g/mol. The van der Waals surface area contributed by atoms with Crippen LogP contribution in [0.4, 0.5) is 5.82 Å².